The molecule has 2 amide bonds. The molecule has 66 valence electrons. The minimum Gasteiger partial charge on any atom is -1.00 e. The smallest absolute Gasteiger partial charge is 1.00 e. The quantitative estimate of drug-likeness (QED) is 0.230. The van der Waals surface area contributed by atoms with Crippen LogP contribution in [0.25, 0.3) is 0 Å². The van der Waals surface area contributed by atoms with E-state index in [9.17, 15) is 4.79 Å². The maximum atomic E-state index is 9.24. The van der Waals surface area contributed by atoms with Crippen LogP contribution in [0.2, 0.25) is 0 Å². The van der Waals surface area contributed by atoms with Gasteiger partial charge in [-0.25, -0.2) is 4.79 Å². The zero-order chi connectivity index (χ0) is 8.53. The fourth-order valence-electron chi connectivity index (χ4n) is 0.604. The van der Waals surface area contributed by atoms with Gasteiger partial charge in [0.2, 0.25) is 0 Å². The van der Waals surface area contributed by atoms with E-state index in [0.717, 1.165) is 26.2 Å². The van der Waals surface area contributed by atoms with Gasteiger partial charge in [0.05, 0.1) is 0 Å². The van der Waals surface area contributed by atoms with Crippen molar-refractivity contribution < 1.29 is 35.8 Å². The Hall–Kier alpha value is -0.0100. The predicted molar refractivity (Wildman–Crippen MR) is 41.6 cm³/mol. The molecule has 0 spiro atoms. The van der Waals surface area contributed by atoms with Gasteiger partial charge in [-0.1, -0.05) is 5.11 Å². The first kappa shape index (κ1) is 14.5. The van der Waals surface area contributed by atoms with E-state index in [2.05, 4.69) is 21.5 Å². The van der Waals surface area contributed by atoms with Crippen molar-refractivity contribution in [3.05, 3.63) is 0 Å². The largest absolute Gasteiger partial charge is 1.00 e. The summed E-state index contributed by atoms with van der Waals surface area (Å²) >= 11 is 0. The zero-order valence-electron chi connectivity index (χ0n) is 8.26. The third-order valence-electron chi connectivity index (χ3n) is 1.07. The van der Waals surface area contributed by atoms with Gasteiger partial charge in [0.15, 0.2) is 0 Å². The first-order valence-electron chi connectivity index (χ1n) is 3.35. The number of primary amides is 1. The number of nitrogens with zero attached hydrogens (tertiary/aromatic N) is 1. The Morgan fingerprint density at radius 1 is 1.33 bits per heavy atom. The van der Waals surface area contributed by atoms with Gasteiger partial charge in [-0.3, -0.25) is 0 Å². The molecule has 0 aromatic heterocycles. The molecule has 0 aliphatic carbocycles. The number of nitrogens with one attached hydrogen (secondary N) is 3. The molecule has 0 saturated carbocycles. The van der Waals surface area contributed by atoms with Crippen molar-refractivity contribution in [3.63, 3.8) is 0 Å². The first-order valence-corrected chi connectivity index (χ1v) is 3.35. The van der Waals surface area contributed by atoms with Gasteiger partial charge in [-0.05, 0) is 0 Å². The zero-order valence-corrected chi connectivity index (χ0v) is 9.26. The summed E-state index contributed by atoms with van der Waals surface area (Å²) in [5.41, 5.74) is 10.1. The number of hydrogen-bond donors (Lipinski definition) is 4. The summed E-state index contributed by atoms with van der Waals surface area (Å²) in [6.07, 6.45) is 0. The average molecular weight is 183 g/mol. The minimum atomic E-state index is -0.954. The second-order valence-corrected chi connectivity index (χ2v) is 1.95. The Morgan fingerprint density at radius 2 is 1.58 bits per heavy atom. The van der Waals surface area contributed by atoms with Crippen LogP contribution >= 0.6 is 0 Å². The standard InChI is InChI=1S/C4H10N2.CH3N3O.Na.H/c1-2-6-4-3-5-1;2-1(5)4-3;;/h5-6H,1-4H2;3H,(H2,2,5);;/q;;+1;-1. The molecule has 1 fully saturated rings. The molecule has 0 bridgehead atoms. The Morgan fingerprint density at radius 3 is 1.67 bits per heavy atom. The van der Waals surface area contributed by atoms with Crippen LogP contribution in [0.4, 0.5) is 4.79 Å². The fourth-order valence-corrected chi connectivity index (χ4v) is 0.604. The Kier molecular flexibility index (Phi) is 13.3. The van der Waals surface area contributed by atoms with Crippen molar-refractivity contribution in [1.82, 2.24) is 10.6 Å². The van der Waals surface area contributed by atoms with Gasteiger partial charge in [0.1, 0.15) is 0 Å². The fraction of sp³-hybridized carbons (Fsp3) is 0.800. The maximum absolute atomic E-state index is 9.24. The van der Waals surface area contributed by atoms with Gasteiger partial charge in [0.25, 0.3) is 0 Å². The molecule has 1 aliphatic heterocycles. The van der Waals surface area contributed by atoms with Crippen LogP contribution in [0.15, 0.2) is 5.11 Å². The van der Waals surface area contributed by atoms with E-state index in [1.54, 1.807) is 0 Å². The molecule has 0 atom stereocenters. The summed E-state index contributed by atoms with van der Waals surface area (Å²) in [4.78, 5) is 9.24. The summed E-state index contributed by atoms with van der Waals surface area (Å²) in [6, 6.07) is -0.954. The van der Waals surface area contributed by atoms with Crippen LogP contribution < -0.4 is 45.9 Å². The number of carbonyl (C=O) groups excluding carboxylic acids is 1. The van der Waals surface area contributed by atoms with Crippen LogP contribution in [-0.2, 0) is 0 Å². The normalized spacial score (nSPS) is 14.7. The SMILES string of the molecule is C1CNCCN1.N=NC(N)=O.[H-].[Na+]. The summed E-state index contributed by atoms with van der Waals surface area (Å²) in [7, 11) is 0. The van der Waals surface area contributed by atoms with E-state index in [1.165, 1.54) is 0 Å². The van der Waals surface area contributed by atoms with Gasteiger partial charge >= 0.3 is 35.6 Å². The Bertz CT molecular complexity index is 121. The second kappa shape index (κ2) is 11.0. The number of hydrogen-bond acceptors (Lipinski definition) is 4. The third-order valence-corrected chi connectivity index (χ3v) is 1.07. The summed E-state index contributed by atoms with van der Waals surface area (Å²) in [5, 5.41) is 8.72. The molecule has 1 saturated heterocycles. The van der Waals surface area contributed by atoms with E-state index in [0.29, 0.717) is 0 Å². The van der Waals surface area contributed by atoms with Gasteiger partial charge < -0.3 is 17.8 Å². The number of piperazine rings is 1. The van der Waals surface area contributed by atoms with Crippen molar-refractivity contribution in [2.24, 2.45) is 10.8 Å². The summed E-state index contributed by atoms with van der Waals surface area (Å²) in [5.74, 6) is 0. The number of nitrogens with two attached hydrogens (primary N) is 1. The van der Waals surface area contributed by atoms with E-state index in [4.69, 9.17) is 5.53 Å². The predicted octanol–water partition coefficient (Wildman–Crippen LogP) is -3.61. The monoisotopic (exact) mass is 183 g/mol. The molecule has 7 heteroatoms. The van der Waals surface area contributed by atoms with Crippen LogP contribution in [-0.4, -0.2) is 32.2 Å². The number of rotatable bonds is 0. The number of carbonyl (C=O) groups is 1. The van der Waals surface area contributed by atoms with Crippen molar-refractivity contribution in [2.75, 3.05) is 26.2 Å². The Balaban J connectivity index is -0.000000136. The van der Waals surface area contributed by atoms with Crippen LogP contribution in [0.5, 0.6) is 0 Å². The van der Waals surface area contributed by atoms with Crippen LogP contribution in [0.1, 0.15) is 1.43 Å². The van der Waals surface area contributed by atoms with Crippen LogP contribution in [0.3, 0.4) is 0 Å². The van der Waals surface area contributed by atoms with E-state index >= 15 is 0 Å². The molecular weight excluding hydrogens is 169 g/mol. The second-order valence-electron chi connectivity index (χ2n) is 1.95. The van der Waals surface area contributed by atoms with Crippen molar-refractivity contribution in [3.8, 4) is 0 Å². The molecule has 12 heavy (non-hydrogen) atoms. The minimum absolute atomic E-state index is 0. The van der Waals surface area contributed by atoms with E-state index in [1.807, 2.05) is 0 Å². The molecule has 0 aromatic carbocycles. The summed E-state index contributed by atoms with van der Waals surface area (Å²) < 4.78 is 0. The van der Waals surface area contributed by atoms with Gasteiger partial charge in [-0.2, -0.15) is 5.53 Å². The topological polar surface area (TPSA) is 103 Å². The van der Waals surface area contributed by atoms with Crippen molar-refractivity contribution in [1.29, 1.82) is 5.53 Å². The van der Waals surface area contributed by atoms with Crippen molar-refractivity contribution in [2.45, 2.75) is 0 Å². The molecular formula is C5H14N5NaO. The summed E-state index contributed by atoms with van der Waals surface area (Å²) in [6.45, 7) is 4.56. The molecule has 0 radical (unpaired) electrons. The molecule has 1 rings (SSSR count). The number of amides is 2. The first-order chi connectivity index (χ1) is 5.27. The van der Waals surface area contributed by atoms with Gasteiger partial charge in [-0.15, -0.1) is 0 Å². The average Bonchev–Trinajstić information content (AvgIpc) is 2.09. The maximum Gasteiger partial charge on any atom is 1.00 e. The van der Waals surface area contributed by atoms with Crippen molar-refractivity contribution >= 4 is 6.03 Å². The number of urea groups is 1. The van der Waals surface area contributed by atoms with E-state index < -0.39 is 6.03 Å². The Labute approximate surface area is 94.9 Å². The third kappa shape index (κ3) is 12.6. The van der Waals surface area contributed by atoms with Gasteiger partial charge in [0, 0.05) is 26.2 Å². The molecule has 0 unspecified atom stereocenters. The molecule has 0 aromatic rings. The van der Waals surface area contributed by atoms with E-state index in [-0.39, 0.29) is 31.0 Å². The molecule has 1 heterocycles. The molecule has 6 nitrogen and oxygen atoms in total. The molecule has 1 aliphatic rings. The molecule has 5 N–H and O–H groups in total. The van der Waals surface area contributed by atoms with Crippen LogP contribution in [0, 0.1) is 5.53 Å².